The van der Waals surface area contributed by atoms with Gasteiger partial charge in [0.25, 0.3) is 0 Å². The van der Waals surface area contributed by atoms with Gasteiger partial charge in [0.2, 0.25) is 5.91 Å². The molecule has 1 aliphatic rings. The molecule has 1 heterocycles. The van der Waals surface area contributed by atoms with Crippen LogP contribution in [0.3, 0.4) is 0 Å². The molecule has 0 spiro atoms. The minimum atomic E-state index is -0.0867. The Labute approximate surface area is 159 Å². The number of aromatic amines is 1. The Kier molecular flexibility index (Phi) is 4.23. The number of amides is 1. The average molecular weight is 369 g/mol. The van der Waals surface area contributed by atoms with Gasteiger partial charge in [0.15, 0.2) is 0 Å². The second kappa shape index (κ2) is 6.31. The van der Waals surface area contributed by atoms with Crippen molar-refractivity contribution in [3.05, 3.63) is 47.7 Å². The van der Waals surface area contributed by atoms with Crippen molar-refractivity contribution in [2.45, 2.75) is 33.1 Å². The molecule has 1 fully saturated rings. The second-order valence-corrected chi connectivity index (χ2v) is 8.32. The fraction of sp³-hybridized carbons (Fsp3) is 0.409. The van der Waals surface area contributed by atoms with Crippen LogP contribution in [0.4, 0.5) is 0 Å². The number of fused-ring (bicyclic) bond motifs is 3. The molecule has 1 aliphatic carbocycles. The maximum Gasteiger partial charge on any atom is 0.234 e. The van der Waals surface area contributed by atoms with Crippen LogP contribution in [0.2, 0.25) is 0 Å². The van der Waals surface area contributed by atoms with Crippen LogP contribution in [0.15, 0.2) is 36.4 Å². The van der Waals surface area contributed by atoms with Gasteiger partial charge in [0.1, 0.15) is 5.88 Å². The Morgan fingerprint density at radius 2 is 1.96 bits per heavy atom. The third-order valence-electron chi connectivity index (χ3n) is 6.20. The van der Waals surface area contributed by atoms with Crippen LogP contribution < -0.4 is 5.32 Å². The van der Waals surface area contributed by atoms with Crippen LogP contribution in [0.5, 0.6) is 0 Å². The first-order chi connectivity index (χ1) is 12.4. The van der Waals surface area contributed by atoms with Crippen LogP contribution >= 0.6 is 11.6 Å². The molecule has 2 N–H and O–H groups in total. The number of halogens is 1. The zero-order chi connectivity index (χ0) is 18.5. The molecule has 0 unspecified atom stereocenters. The highest BCUT2D eigenvalue weighted by Gasteiger charge is 2.58. The molecule has 2 aromatic carbocycles. The maximum atomic E-state index is 11.4. The van der Waals surface area contributed by atoms with Gasteiger partial charge in [-0.05, 0) is 41.5 Å². The third kappa shape index (κ3) is 2.69. The molecule has 1 amide bonds. The summed E-state index contributed by atoms with van der Waals surface area (Å²) in [7, 11) is 0. The van der Waals surface area contributed by atoms with Crippen LogP contribution in [0.1, 0.15) is 37.4 Å². The van der Waals surface area contributed by atoms with Crippen molar-refractivity contribution in [1.82, 2.24) is 10.3 Å². The number of hydrogen-bond donors (Lipinski definition) is 2. The molecule has 136 valence electrons. The van der Waals surface area contributed by atoms with E-state index in [0.717, 1.165) is 6.42 Å². The summed E-state index contributed by atoms with van der Waals surface area (Å²) in [6.07, 6.45) is 0.986. The van der Waals surface area contributed by atoms with Crippen molar-refractivity contribution < 1.29 is 4.79 Å². The quantitative estimate of drug-likeness (QED) is 0.603. The van der Waals surface area contributed by atoms with Crippen molar-refractivity contribution in [1.29, 1.82) is 0 Å². The zero-order valence-corrected chi connectivity index (χ0v) is 16.3. The van der Waals surface area contributed by atoms with E-state index in [2.05, 4.69) is 67.5 Å². The second-order valence-electron chi connectivity index (χ2n) is 8.05. The predicted octanol–water partition coefficient (Wildman–Crippen LogP) is 5.11. The van der Waals surface area contributed by atoms with Gasteiger partial charge in [-0.25, -0.2) is 0 Å². The molecule has 4 rings (SSSR count). The molecule has 1 saturated carbocycles. The lowest BCUT2D eigenvalue weighted by molar-refractivity contribution is -0.118. The van der Waals surface area contributed by atoms with Crippen LogP contribution in [-0.2, 0) is 4.79 Å². The molecular formula is C22H25ClN2O. The minimum Gasteiger partial charge on any atom is -0.358 e. The van der Waals surface area contributed by atoms with Crippen molar-refractivity contribution in [2.75, 3.05) is 12.4 Å². The summed E-state index contributed by atoms with van der Waals surface area (Å²) in [5.41, 5.74) is 4.20. The lowest BCUT2D eigenvalue weighted by atomic mass is 9.98. The summed E-state index contributed by atoms with van der Waals surface area (Å²) in [5, 5.41) is 6.79. The Balaban J connectivity index is 1.67. The standard InChI is InChI=1S/C22H25ClN2O/c1-13-19(20-17(22(20,2)3)10-11-24-18(26)12-23)16-9-8-14-6-4-5-7-15(14)21(16)25-13/h4-9,17,20,25H,10-12H2,1-3H3,(H,24,26)/t17-,20-/m1/s1. The summed E-state index contributed by atoms with van der Waals surface area (Å²) in [6.45, 7) is 7.56. The molecule has 0 saturated heterocycles. The van der Waals surface area contributed by atoms with Gasteiger partial charge in [0, 0.05) is 23.0 Å². The number of carbonyl (C=O) groups is 1. The topological polar surface area (TPSA) is 44.9 Å². The third-order valence-corrected chi connectivity index (χ3v) is 6.44. The Bertz CT molecular complexity index is 988. The first kappa shape index (κ1) is 17.4. The fourth-order valence-corrected chi connectivity index (χ4v) is 4.85. The molecule has 0 aliphatic heterocycles. The number of H-pyrrole nitrogens is 1. The van der Waals surface area contributed by atoms with Crippen molar-refractivity contribution in [2.24, 2.45) is 11.3 Å². The predicted molar refractivity (Wildman–Crippen MR) is 109 cm³/mol. The lowest BCUT2D eigenvalue weighted by Crippen LogP contribution is -2.25. The van der Waals surface area contributed by atoms with Gasteiger partial charge >= 0.3 is 0 Å². The largest absolute Gasteiger partial charge is 0.358 e. The van der Waals surface area contributed by atoms with E-state index in [9.17, 15) is 4.79 Å². The average Bonchev–Trinajstić information content (AvgIpc) is 2.99. The van der Waals surface area contributed by atoms with E-state index < -0.39 is 0 Å². The van der Waals surface area contributed by atoms with E-state index in [4.69, 9.17) is 11.6 Å². The number of nitrogens with one attached hydrogen (secondary N) is 2. The summed E-state index contributed by atoms with van der Waals surface area (Å²) < 4.78 is 0. The summed E-state index contributed by atoms with van der Waals surface area (Å²) in [5.74, 6) is 1.04. The van der Waals surface area contributed by atoms with Gasteiger partial charge < -0.3 is 10.3 Å². The Morgan fingerprint density at radius 1 is 1.19 bits per heavy atom. The van der Waals surface area contributed by atoms with Crippen molar-refractivity contribution in [3.8, 4) is 0 Å². The fourth-order valence-electron chi connectivity index (χ4n) is 4.76. The molecule has 3 nitrogen and oxygen atoms in total. The highest BCUT2D eigenvalue weighted by molar-refractivity contribution is 6.27. The first-order valence-corrected chi connectivity index (χ1v) is 9.81. The molecule has 3 aromatic rings. The SMILES string of the molecule is Cc1[nH]c2c(ccc3ccccc32)c1[C@H]1[C@@H](CCNC(=O)CCl)C1(C)C. The molecule has 1 aromatic heterocycles. The van der Waals surface area contributed by atoms with Gasteiger partial charge in [-0.1, -0.05) is 50.2 Å². The van der Waals surface area contributed by atoms with Crippen LogP contribution in [0.25, 0.3) is 21.7 Å². The van der Waals surface area contributed by atoms with E-state index in [1.807, 2.05) is 0 Å². The Hall–Kier alpha value is -2.00. The number of aromatic nitrogens is 1. The first-order valence-electron chi connectivity index (χ1n) is 9.27. The molecule has 0 bridgehead atoms. The highest BCUT2D eigenvalue weighted by Crippen LogP contribution is 2.67. The summed E-state index contributed by atoms with van der Waals surface area (Å²) in [6, 6.07) is 13.0. The zero-order valence-electron chi connectivity index (χ0n) is 15.5. The van der Waals surface area contributed by atoms with Gasteiger partial charge in [-0.15, -0.1) is 11.6 Å². The molecule has 26 heavy (non-hydrogen) atoms. The minimum absolute atomic E-state index is 0.0338. The summed E-state index contributed by atoms with van der Waals surface area (Å²) >= 11 is 5.57. The molecule has 0 radical (unpaired) electrons. The number of alkyl halides is 1. The molecule has 2 atom stereocenters. The van der Waals surface area contributed by atoms with Gasteiger partial charge in [-0.3, -0.25) is 4.79 Å². The molecular weight excluding hydrogens is 344 g/mol. The van der Waals surface area contributed by atoms with Gasteiger partial charge in [-0.2, -0.15) is 0 Å². The lowest BCUT2D eigenvalue weighted by Gasteiger charge is -2.04. The smallest absolute Gasteiger partial charge is 0.234 e. The normalized spacial score (nSPS) is 21.2. The maximum absolute atomic E-state index is 11.4. The van der Waals surface area contributed by atoms with E-state index in [-0.39, 0.29) is 17.2 Å². The van der Waals surface area contributed by atoms with Crippen LogP contribution in [-0.4, -0.2) is 23.3 Å². The number of aryl methyl sites for hydroxylation is 1. The number of carbonyl (C=O) groups excluding carboxylic acids is 1. The van der Waals surface area contributed by atoms with Crippen molar-refractivity contribution in [3.63, 3.8) is 0 Å². The number of rotatable bonds is 5. The van der Waals surface area contributed by atoms with E-state index in [1.165, 1.54) is 32.9 Å². The van der Waals surface area contributed by atoms with E-state index in [0.29, 0.717) is 18.4 Å². The van der Waals surface area contributed by atoms with E-state index >= 15 is 0 Å². The van der Waals surface area contributed by atoms with Gasteiger partial charge in [0.05, 0.1) is 5.52 Å². The number of benzene rings is 2. The van der Waals surface area contributed by atoms with Crippen molar-refractivity contribution >= 4 is 39.2 Å². The highest BCUT2D eigenvalue weighted by atomic mass is 35.5. The number of hydrogen-bond acceptors (Lipinski definition) is 1. The monoisotopic (exact) mass is 368 g/mol. The Morgan fingerprint density at radius 3 is 2.73 bits per heavy atom. The summed E-state index contributed by atoms with van der Waals surface area (Å²) in [4.78, 5) is 15.0. The van der Waals surface area contributed by atoms with E-state index in [1.54, 1.807) is 0 Å². The molecule has 4 heteroatoms. The van der Waals surface area contributed by atoms with Crippen LogP contribution in [0, 0.1) is 18.3 Å².